The van der Waals surface area contributed by atoms with Gasteiger partial charge in [-0.15, -0.1) is 10.2 Å². The lowest BCUT2D eigenvalue weighted by Gasteiger charge is -2.15. The minimum atomic E-state index is 0.753. The van der Waals surface area contributed by atoms with Gasteiger partial charge in [-0.05, 0) is 31.4 Å². The molecule has 5 heteroatoms. The Balaban J connectivity index is 1.61. The minimum absolute atomic E-state index is 0.753. The summed E-state index contributed by atoms with van der Waals surface area (Å²) >= 11 is 0. The van der Waals surface area contributed by atoms with E-state index in [1.807, 2.05) is 12.3 Å². The molecule has 19 heavy (non-hydrogen) atoms. The zero-order valence-electron chi connectivity index (χ0n) is 11.3. The van der Waals surface area contributed by atoms with Crippen molar-refractivity contribution in [1.82, 2.24) is 25.1 Å². The molecule has 0 amide bonds. The highest BCUT2D eigenvalue weighted by atomic mass is 15.3. The van der Waals surface area contributed by atoms with Gasteiger partial charge in [0, 0.05) is 25.7 Å². The quantitative estimate of drug-likeness (QED) is 0.904. The summed E-state index contributed by atoms with van der Waals surface area (Å²) in [5.41, 5.74) is 2.32. The van der Waals surface area contributed by atoms with Crippen LogP contribution in [-0.2, 0) is 26.1 Å². The molecule has 0 saturated heterocycles. The second kappa shape index (κ2) is 5.48. The fraction of sp³-hybridized carbons (Fsp3) is 0.500. The first kappa shape index (κ1) is 12.3. The molecule has 0 unspecified atom stereocenters. The summed E-state index contributed by atoms with van der Waals surface area (Å²) in [6.07, 6.45) is 5.37. The monoisotopic (exact) mass is 257 g/mol. The fourth-order valence-electron chi connectivity index (χ4n) is 2.50. The van der Waals surface area contributed by atoms with E-state index < -0.39 is 0 Å². The molecule has 0 bridgehead atoms. The van der Waals surface area contributed by atoms with Crippen LogP contribution >= 0.6 is 0 Å². The van der Waals surface area contributed by atoms with Gasteiger partial charge in [0.1, 0.15) is 11.6 Å². The normalized spacial score (nSPS) is 14.4. The summed E-state index contributed by atoms with van der Waals surface area (Å²) < 4.78 is 2.25. The van der Waals surface area contributed by atoms with Crippen molar-refractivity contribution in [3.8, 4) is 0 Å². The number of rotatable bonds is 4. The van der Waals surface area contributed by atoms with Gasteiger partial charge in [0.15, 0.2) is 0 Å². The summed E-state index contributed by atoms with van der Waals surface area (Å²) in [5, 5.41) is 11.9. The van der Waals surface area contributed by atoms with E-state index in [1.54, 1.807) is 0 Å². The van der Waals surface area contributed by atoms with Crippen LogP contribution in [0.5, 0.6) is 0 Å². The predicted molar refractivity (Wildman–Crippen MR) is 72.5 cm³/mol. The molecule has 0 fully saturated rings. The summed E-state index contributed by atoms with van der Waals surface area (Å²) in [4.78, 5) is 4.38. The van der Waals surface area contributed by atoms with Gasteiger partial charge < -0.3 is 9.88 Å². The van der Waals surface area contributed by atoms with E-state index in [4.69, 9.17) is 0 Å². The molecule has 100 valence electrons. The smallest absolute Gasteiger partial charge is 0.147 e. The van der Waals surface area contributed by atoms with E-state index in [0.29, 0.717) is 0 Å². The fourth-order valence-corrected chi connectivity index (χ4v) is 2.50. The molecule has 2 aromatic rings. The van der Waals surface area contributed by atoms with Crippen LogP contribution in [0, 0.1) is 6.92 Å². The molecule has 0 spiro atoms. The molecule has 1 aliphatic heterocycles. The number of pyridine rings is 1. The topological polar surface area (TPSA) is 55.6 Å². The Bertz CT molecular complexity index is 561. The van der Waals surface area contributed by atoms with Gasteiger partial charge in [-0.25, -0.2) is 0 Å². The molecule has 2 aromatic heterocycles. The summed E-state index contributed by atoms with van der Waals surface area (Å²) in [7, 11) is 0. The van der Waals surface area contributed by atoms with Crippen LogP contribution in [0.15, 0.2) is 18.3 Å². The van der Waals surface area contributed by atoms with Crippen LogP contribution in [0.3, 0.4) is 0 Å². The number of hydrogen-bond donors (Lipinski definition) is 1. The third-order valence-corrected chi connectivity index (χ3v) is 3.63. The number of nitrogens with one attached hydrogen (secondary N) is 1. The Hall–Kier alpha value is -1.75. The van der Waals surface area contributed by atoms with E-state index in [2.05, 4.69) is 38.1 Å². The molecule has 3 heterocycles. The Morgan fingerprint density at radius 2 is 2.21 bits per heavy atom. The Morgan fingerprint density at radius 3 is 3.11 bits per heavy atom. The first-order valence-corrected chi connectivity index (χ1v) is 6.87. The van der Waals surface area contributed by atoms with Crippen molar-refractivity contribution >= 4 is 0 Å². The molecule has 0 radical (unpaired) electrons. The van der Waals surface area contributed by atoms with E-state index in [1.165, 1.54) is 18.4 Å². The average molecular weight is 257 g/mol. The van der Waals surface area contributed by atoms with Crippen LogP contribution in [0.1, 0.15) is 35.7 Å². The second-order valence-corrected chi connectivity index (χ2v) is 5.01. The maximum Gasteiger partial charge on any atom is 0.147 e. The van der Waals surface area contributed by atoms with Gasteiger partial charge in [-0.1, -0.05) is 6.07 Å². The molecular weight excluding hydrogens is 238 g/mol. The van der Waals surface area contributed by atoms with Crippen molar-refractivity contribution in [2.45, 2.75) is 45.8 Å². The molecule has 5 nitrogen and oxygen atoms in total. The SMILES string of the molecule is Cc1cccnc1CNCc1nnc2n1CCCC2. The highest BCUT2D eigenvalue weighted by molar-refractivity contribution is 5.17. The minimum Gasteiger partial charge on any atom is -0.314 e. The van der Waals surface area contributed by atoms with Crippen molar-refractivity contribution in [1.29, 1.82) is 0 Å². The molecular formula is C14H19N5. The van der Waals surface area contributed by atoms with E-state index in [9.17, 15) is 0 Å². The third-order valence-electron chi connectivity index (χ3n) is 3.63. The van der Waals surface area contributed by atoms with Gasteiger partial charge in [-0.3, -0.25) is 4.98 Å². The van der Waals surface area contributed by atoms with Crippen LogP contribution in [-0.4, -0.2) is 19.7 Å². The number of aromatic nitrogens is 4. The zero-order valence-corrected chi connectivity index (χ0v) is 11.3. The highest BCUT2D eigenvalue weighted by Crippen LogP contribution is 2.14. The zero-order chi connectivity index (χ0) is 13.1. The van der Waals surface area contributed by atoms with Crippen molar-refractivity contribution < 1.29 is 0 Å². The Kier molecular flexibility index (Phi) is 3.55. The average Bonchev–Trinajstić information content (AvgIpc) is 2.85. The van der Waals surface area contributed by atoms with Crippen molar-refractivity contribution in [2.75, 3.05) is 0 Å². The van der Waals surface area contributed by atoms with Gasteiger partial charge in [0.25, 0.3) is 0 Å². The Morgan fingerprint density at radius 1 is 1.26 bits per heavy atom. The number of nitrogens with zero attached hydrogens (tertiary/aromatic N) is 4. The van der Waals surface area contributed by atoms with Gasteiger partial charge in [0.05, 0.1) is 12.2 Å². The van der Waals surface area contributed by atoms with Crippen LogP contribution in [0.2, 0.25) is 0 Å². The summed E-state index contributed by atoms with van der Waals surface area (Å²) in [6.45, 7) is 4.67. The van der Waals surface area contributed by atoms with E-state index >= 15 is 0 Å². The van der Waals surface area contributed by atoms with Crippen LogP contribution in [0.4, 0.5) is 0 Å². The first-order valence-electron chi connectivity index (χ1n) is 6.87. The molecule has 1 aliphatic rings. The van der Waals surface area contributed by atoms with Gasteiger partial charge in [0.2, 0.25) is 0 Å². The number of fused-ring (bicyclic) bond motifs is 1. The molecule has 3 rings (SSSR count). The maximum absolute atomic E-state index is 4.38. The maximum atomic E-state index is 4.38. The largest absolute Gasteiger partial charge is 0.314 e. The first-order chi connectivity index (χ1) is 9.34. The lowest BCUT2D eigenvalue weighted by atomic mass is 10.2. The molecule has 1 N–H and O–H groups in total. The van der Waals surface area contributed by atoms with Gasteiger partial charge >= 0.3 is 0 Å². The van der Waals surface area contributed by atoms with E-state index in [-0.39, 0.29) is 0 Å². The number of aryl methyl sites for hydroxylation is 2. The van der Waals surface area contributed by atoms with Crippen molar-refractivity contribution in [3.05, 3.63) is 41.2 Å². The van der Waals surface area contributed by atoms with Crippen molar-refractivity contribution in [3.63, 3.8) is 0 Å². The van der Waals surface area contributed by atoms with Crippen molar-refractivity contribution in [2.24, 2.45) is 0 Å². The summed E-state index contributed by atoms with van der Waals surface area (Å²) in [5.74, 6) is 2.18. The van der Waals surface area contributed by atoms with E-state index in [0.717, 1.165) is 43.4 Å². The lowest BCUT2D eigenvalue weighted by molar-refractivity contribution is 0.496. The highest BCUT2D eigenvalue weighted by Gasteiger charge is 2.15. The predicted octanol–water partition coefficient (Wildman–Crippen LogP) is 1.61. The van der Waals surface area contributed by atoms with Crippen LogP contribution in [0.25, 0.3) is 0 Å². The van der Waals surface area contributed by atoms with Crippen LogP contribution < -0.4 is 5.32 Å². The standard InChI is InChI=1S/C14H19N5/c1-11-5-4-7-16-12(11)9-15-10-14-18-17-13-6-2-3-8-19(13)14/h4-5,7,15H,2-3,6,8-10H2,1H3. The Labute approximate surface area is 113 Å². The molecule has 0 aromatic carbocycles. The second-order valence-electron chi connectivity index (χ2n) is 5.01. The van der Waals surface area contributed by atoms with Gasteiger partial charge in [-0.2, -0.15) is 0 Å². The lowest BCUT2D eigenvalue weighted by Crippen LogP contribution is -2.20. The molecule has 0 saturated carbocycles. The number of hydrogen-bond acceptors (Lipinski definition) is 4. The molecule has 0 aliphatic carbocycles. The summed E-state index contributed by atoms with van der Waals surface area (Å²) in [6, 6.07) is 4.05. The molecule has 0 atom stereocenters. The third kappa shape index (κ3) is 2.66.